The van der Waals surface area contributed by atoms with Crippen LogP contribution in [-0.4, -0.2) is 5.91 Å². The third-order valence-electron chi connectivity index (χ3n) is 2.58. The molecule has 0 saturated carbocycles. The number of rotatable bonds is 4. The lowest BCUT2D eigenvalue weighted by Gasteiger charge is -2.06. The van der Waals surface area contributed by atoms with Gasteiger partial charge in [0.05, 0.1) is 12.0 Å². The minimum atomic E-state index is -0.415. The van der Waals surface area contributed by atoms with Gasteiger partial charge in [-0.15, -0.1) is 0 Å². The Morgan fingerprint density at radius 3 is 2.89 bits per heavy atom. The molecule has 0 aliphatic carbocycles. The van der Waals surface area contributed by atoms with Gasteiger partial charge in [-0.1, -0.05) is 6.07 Å². The van der Waals surface area contributed by atoms with Crippen LogP contribution < -0.4 is 5.32 Å². The van der Waals surface area contributed by atoms with Gasteiger partial charge < -0.3 is 9.73 Å². The van der Waals surface area contributed by atoms with Crippen LogP contribution in [0.2, 0.25) is 0 Å². The molecule has 0 radical (unpaired) electrons. The highest BCUT2D eigenvalue weighted by Crippen LogP contribution is 2.15. The second kappa shape index (κ2) is 5.49. The standard InChI is InChI=1S/C14H14FNO2/c1-10-4-6-13(12(15)9-10)16-14(17)7-5-11-3-2-8-18-11/h2-4,6,8-9H,5,7H2,1H3,(H,16,17). The van der Waals surface area contributed by atoms with Crippen LogP contribution >= 0.6 is 0 Å². The maximum atomic E-state index is 13.5. The van der Waals surface area contributed by atoms with Gasteiger partial charge in [-0.05, 0) is 36.8 Å². The van der Waals surface area contributed by atoms with E-state index < -0.39 is 5.82 Å². The molecular formula is C14H14FNO2. The van der Waals surface area contributed by atoms with Crippen molar-refractivity contribution in [3.8, 4) is 0 Å². The van der Waals surface area contributed by atoms with Crippen molar-refractivity contribution >= 4 is 11.6 Å². The summed E-state index contributed by atoms with van der Waals surface area (Å²) in [6.45, 7) is 1.80. The Morgan fingerprint density at radius 2 is 2.22 bits per heavy atom. The van der Waals surface area contributed by atoms with E-state index in [1.807, 2.05) is 0 Å². The topological polar surface area (TPSA) is 42.2 Å². The highest BCUT2D eigenvalue weighted by Gasteiger charge is 2.08. The Bertz CT molecular complexity index is 535. The molecule has 1 amide bonds. The molecule has 2 rings (SSSR count). The second-order valence-corrected chi connectivity index (χ2v) is 4.11. The van der Waals surface area contributed by atoms with Crippen molar-refractivity contribution in [2.75, 3.05) is 5.32 Å². The smallest absolute Gasteiger partial charge is 0.224 e. The first kappa shape index (κ1) is 12.4. The van der Waals surface area contributed by atoms with E-state index in [1.54, 1.807) is 37.5 Å². The molecule has 0 atom stereocenters. The number of hydrogen-bond donors (Lipinski definition) is 1. The molecule has 1 aromatic carbocycles. The molecule has 1 N–H and O–H groups in total. The van der Waals surface area contributed by atoms with Crippen LogP contribution in [0.15, 0.2) is 41.0 Å². The number of benzene rings is 1. The number of anilines is 1. The summed E-state index contributed by atoms with van der Waals surface area (Å²) in [5, 5.41) is 2.54. The lowest BCUT2D eigenvalue weighted by molar-refractivity contribution is -0.116. The zero-order chi connectivity index (χ0) is 13.0. The van der Waals surface area contributed by atoms with Gasteiger partial charge in [-0.3, -0.25) is 4.79 Å². The van der Waals surface area contributed by atoms with Crippen molar-refractivity contribution in [3.63, 3.8) is 0 Å². The Morgan fingerprint density at radius 1 is 1.39 bits per heavy atom. The van der Waals surface area contributed by atoms with Gasteiger partial charge in [0, 0.05) is 12.8 Å². The SMILES string of the molecule is Cc1ccc(NC(=O)CCc2ccco2)c(F)c1. The van der Waals surface area contributed by atoms with Crippen molar-refractivity contribution < 1.29 is 13.6 Å². The van der Waals surface area contributed by atoms with Crippen LogP contribution in [0.3, 0.4) is 0 Å². The van der Waals surface area contributed by atoms with E-state index in [9.17, 15) is 9.18 Å². The molecular weight excluding hydrogens is 233 g/mol. The van der Waals surface area contributed by atoms with Gasteiger partial charge in [0.15, 0.2) is 0 Å². The van der Waals surface area contributed by atoms with Crippen LogP contribution in [0.5, 0.6) is 0 Å². The third kappa shape index (κ3) is 3.20. The summed E-state index contributed by atoms with van der Waals surface area (Å²) >= 11 is 0. The molecule has 0 fully saturated rings. The van der Waals surface area contributed by atoms with Crippen molar-refractivity contribution in [1.29, 1.82) is 0 Å². The van der Waals surface area contributed by atoms with Gasteiger partial charge in [0.2, 0.25) is 5.91 Å². The molecule has 2 aromatic rings. The number of carbonyl (C=O) groups is 1. The lowest BCUT2D eigenvalue weighted by atomic mass is 10.2. The number of carbonyl (C=O) groups excluding carboxylic acids is 1. The van der Waals surface area contributed by atoms with Crippen LogP contribution in [0.25, 0.3) is 0 Å². The monoisotopic (exact) mass is 247 g/mol. The summed E-state index contributed by atoms with van der Waals surface area (Å²) in [6, 6.07) is 8.29. The molecule has 0 aliphatic heterocycles. The molecule has 0 bridgehead atoms. The van der Waals surface area contributed by atoms with Gasteiger partial charge in [-0.2, -0.15) is 0 Å². The molecule has 4 heteroatoms. The number of amides is 1. The van der Waals surface area contributed by atoms with E-state index in [4.69, 9.17) is 4.42 Å². The summed E-state index contributed by atoms with van der Waals surface area (Å²) in [5.41, 5.74) is 1.03. The van der Waals surface area contributed by atoms with Gasteiger partial charge in [0.1, 0.15) is 11.6 Å². The molecule has 3 nitrogen and oxygen atoms in total. The number of aryl methyl sites for hydroxylation is 2. The Kier molecular flexibility index (Phi) is 3.77. The molecule has 1 aromatic heterocycles. The van der Waals surface area contributed by atoms with Crippen LogP contribution in [0.1, 0.15) is 17.7 Å². The quantitative estimate of drug-likeness (QED) is 0.900. The number of halogens is 1. The van der Waals surface area contributed by atoms with Crippen LogP contribution in [0.4, 0.5) is 10.1 Å². The minimum Gasteiger partial charge on any atom is -0.469 e. The summed E-state index contributed by atoms with van der Waals surface area (Å²) in [5.74, 6) is 0.102. The first-order valence-corrected chi connectivity index (χ1v) is 5.73. The molecule has 18 heavy (non-hydrogen) atoms. The lowest BCUT2D eigenvalue weighted by Crippen LogP contribution is -2.13. The van der Waals surface area contributed by atoms with Gasteiger partial charge in [0.25, 0.3) is 0 Å². The Balaban J connectivity index is 1.91. The summed E-state index contributed by atoms with van der Waals surface area (Å²) < 4.78 is 18.6. The van der Waals surface area contributed by atoms with Crippen LogP contribution in [-0.2, 0) is 11.2 Å². The summed E-state index contributed by atoms with van der Waals surface area (Å²) in [4.78, 5) is 11.6. The van der Waals surface area contributed by atoms with Gasteiger partial charge in [-0.25, -0.2) is 4.39 Å². The molecule has 94 valence electrons. The zero-order valence-electron chi connectivity index (χ0n) is 10.1. The first-order chi connectivity index (χ1) is 8.65. The predicted octanol–water partition coefficient (Wildman–Crippen LogP) is 3.30. The fraction of sp³-hybridized carbons (Fsp3) is 0.214. The van der Waals surface area contributed by atoms with Crippen molar-refractivity contribution in [3.05, 3.63) is 53.7 Å². The predicted molar refractivity (Wildman–Crippen MR) is 66.8 cm³/mol. The molecule has 0 saturated heterocycles. The van der Waals surface area contributed by atoms with E-state index in [0.29, 0.717) is 6.42 Å². The second-order valence-electron chi connectivity index (χ2n) is 4.11. The van der Waals surface area contributed by atoms with Crippen molar-refractivity contribution in [1.82, 2.24) is 0 Å². The average Bonchev–Trinajstić information content (AvgIpc) is 2.83. The largest absolute Gasteiger partial charge is 0.469 e. The molecule has 0 unspecified atom stereocenters. The number of hydrogen-bond acceptors (Lipinski definition) is 2. The average molecular weight is 247 g/mol. The fourth-order valence-electron chi connectivity index (χ4n) is 1.63. The molecule has 0 aliphatic rings. The van der Waals surface area contributed by atoms with Crippen molar-refractivity contribution in [2.24, 2.45) is 0 Å². The number of furan rings is 1. The maximum absolute atomic E-state index is 13.5. The first-order valence-electron chi connectivity index (χ1n) is 5.73. The van der Waals surface area contributed by atoms with E-state index >= 15 is 0 Å². The number of nitrogens with one attached hydrogen (secondary N) is 1. The van der Waals surface area contributed by atoms with E-state index in [-0.39, 0.29) is 18.0 Å². The van der Waals surface area contributed by atoms with E-state index in [1.165, 1.54) is 6.07 Å². The highest BCUT2D eigenvalue weighted by atomic mass is 19.1. The van der Waals surface area contributed by atoms with Gasteiger partial charge >= 0.3 is 0 Å². The maximum Gasteiger partial charge on any atom is 0.224 e. The van der Waals surface area contributed by atoms with E-state index in [2.05, 4.69) is 5.32 Å². The minimum absolute atomic E-state index is 0.213. The zero-order valence-corrected chi connectivity index (χ0v) is 10.1. The molecule has 0 spiro atoms. The van der Waals surface area contributed by atoms with Crippen LogP contribution in [0, 0.1) is 12.7 Å². The van der Waals surface area contributed by atoms with Crippen molar-refractivity contribution in [2.45, 2.75) is 19.8 Å². The normalized spacial score (nSPS) is 10.3. The third-order valence-corrected chi connectivity index (χ3v) is 2.58. The fourth-order valence-corrected chi connectivity index (χ4v) is 1.63. The summed E-state index contributed by atoms with van der Waals surface area (Å²) in [7, 11) is 0. The Hall–Kier alpha value is -2.10. The Labute approximate surface area is 105 Å². The highest BCUT2D eigenvalue weighted by molar-refractivity contribution is 5.90. The van der Waals surface area contributed by atoms with E-state index in [0.717, 1.165) is 11.3 Å². The summed E-state index contributed by atoms with van der Waals surface area (Å²) in [6.07, 6.45) is 2.33. The molecule has 1 heterocycles.